The highest BCUT2D eigenvalue weighted by Gasteiger charge is 2.31. The van der Waals surface area contributed by atoms with Gasteiger partial charge in [0, 0.05) is 30.6 Å². The summed E-state index contributed by atoms with van der Waals surface area (Å²) in [5.41, 5.74) is 8.27. The van der Waals surface area contributed by atoms with Gasteiger partial charge in [0.15, 0.2) is 0 Å². The predicted octanol–water partition coefficient (Wildman–Crippen LogP) is 3.94. The van der Waals surface area contributed by atoms with Gasteiger partial charge in [-0.05, 0) is 29.8 Å². The molecule has 0 spiro atoms. The maximum atomic E-state index is 12.9. The SMILES string of the molecule is CN1C(=O)N(c2cc(NC(=O)C=Cc3ccccc3)ccc2Cl)Cc2cnc(N)nc21. The van der Waals surface area contributed by atoms with Crippen molar-refractivity contribution >= 4 is 52.8 Å². The molecular weight excluding hydrogens is 416 g/mol. The van der Waals surface area contributed by atoms with E-state index in [0.29, 0.717) is 22.2 Å². The van der Waals surface area contributed by atoms with Gasteiger partial charge in [-0.15, -0.1) is 0 Å². The summed E-state index contributed by atoms with van der Waals surface area (Å²) < 4.78 is 0. The molecule has 0 aliphatic carbocycles. The number of nitrogens with one attached hydrogen (secondary N) is 1. The molecule has 31 heavy (non-hydrogen) atoms. The number of rotatable bonds is 4. The first kappa shape index (κ1) is 20.4. The van der Waals surface area contributed by atoms with Crippen LogP contribution in [-0.2, 0) is 11.3 Å². The van der Waals surface area contributed by atoms with Gasteiger partial charge in [0.25, 0.3) is 0 Å². The van der Waals surface area contributed by atoms with Crippen LogP contribution in [0.4, 0.5) is 27.9 Å². The van der Waals surface area contributed by atoms with Crippen LogP contribution in [0.25, 0.3) is 6.08 Å². The van der Waals surface area contributed by atoms with Crippen molar-refractivity contribution in [2.45, 2.75) is 6.54 Å². The normalized spacial score (nSPS) is 13.4. The summed E-state index contributed by atoms with van der Waals surface area (Å²) in [4.78, 5) is 36.3. The number of aromatic nitrogens is 2. The number of hydrogen-bond donors (Lipinski definition) is 2. The van der Waals surface area contributed by atoms with Crippen LogP contribution in [0.5, 0.6) is 0 Å². The van der Waals surface area contributed by atoms with Gasteiger partial charge >= 0.3 is 6.03 Å². The molecule has 1 aromatic heterocycles. The number of nitrogens with two attached hydrogens (primary N) is 1. The highest BCUT2D eigenvalue weighted by molar-refractivity contribution is 6.34. The van der Waals surface area contributed by atoms with Crippen molar-refractivity contribution in [2.75, 3.05) is 27.9 Å². The zero-order valence-corrected chi connectivity index (χ0v) is 17.4. The van der Waals surface area contributed by atoms with E-state index in [1.165, 1.54) is 15.9 Å². The number of nitrogens with zero attached hydrogens (tertiary/aromatic N) is 4. The molecule has 0 fully saturated rings. The lowest BCUT2D eigenvalue weighted by Crippen LogP contribution is -2.46. The largest absolute Gasteiger partial charge is 0.368 e. The molecule has 0 radical (unpaired) electrons. The Morgan fingerprint density at radius 2 is 2.00 bits per heavy atom. The topological polar surface area (TPSA) is 104 Å². The van der Waals surface area contributed by atoms with Crippen molar-refractivity contribution in [3.8, 4) is 0 Å². The van der Waals surface area contributed by atoms with E-state index in [0.717, 1.165) is 11.1 Å². The minimum Gasteiger partial charge on any atom is -0.368 e. The Morgan fingerprint density at radius 1 is 1.23 bits per heavy atom. The first-order valence-electron chi connectivity index (χ1n) is 9.42. The highest BCUT2D eigenvalue weighted by Crippen LogP contribution is 2.35. The number of carbonyl (C=O) groups is 2. The Balaban J connectivity index is 1.57. The third-order valence-electron chi connectivity index (χ3n) is 4.76. The standard InChI is InChI=1S/C22H19ClN6O2/c1-28-20-15(12-25-21(24)27-20)13-29(22(28)31)18-11-16(8-9-17(18)23)26-19(30)10-7-14-5-3-2-4-6-14/h2-12H,13H2,1H3,(H,26,30)(H2,24,25,27). The quantitative estimate of drug-likeness (QED) is 0.605. The number of benzene rings is 2. The molecule has 2 heterocycles. The Hall–Kier alpha value is -3.91. The molecule has 4 rings (SSSR count). The molecule has 156 valence electrons. The molecule has 3 N–H and O–H groups in total. The molecule has 9 heteroatoms. The Kier molecular flexibility index (Phi) is 5.55. The van der Waals surface area contributed by atoms with E-state index in [1.807, 2.05) is 30.3 Å². The van der Waals surface area contributed by atoms with Crippen molar-refractivity contribution in [2.24, 2.45) is 0 Å². The Bertz CT molecular complexity index is 1180. The van der Waals surface area contributed by atoms with Crippen LogP contribution in [0.1, 0.15) is 11.1 Å². The minimum absolute atomic E-state index is 0.0955. The molecule has 2 aromatic carbocycles. The number of anilines is 4. The van der Waals surface area contributed by atoms with Crippen LogP contribution in [0.3, 0.4) is 0 Å². The number of amides is 3. The van der Waals surface area contributed by atoms with Crippen molar-refractivity contribution < 1.29 is 9.59 Å². The van der Waals surface area contributed by atoms with Crippen LogP contribution < -0.4 is 20.9 Å². The van der Waals surface area contributed by atoms with Gasteiger partial charge in [0.05, 0.1) is 17.3 Å². The summed E-state index contributed by atoms with van der Waals surface area (Å²) in [6.07, 6.45) is 4.75. The average Bonchev–Trinajstić information content (AvgIpc) is 2.77. The summed E-state index contributed by atoms with van der Waals surface area (Å²) in [7, 11) is 1.60. The second-order valence-corrected chi connectivity index (χ2v) is 7.31. The highest BCUT2D eigenvalue weighted by atomic mass is 35.5. The lowest BCUT2D eigenvalue weighted by atomic mass is 10.2. The molecule has 0 bridgehead atoms. The molecule has 3 amide bonds. The monoisotopic (exact) mass is 434 g/mol. The van der Waals surface area contributed by atoms with Gasteiger partial charge in [0.2, 0.25) is 11.9 Å². The van der Waals surface area contributed by atoms with Gasteiger partial charge < -0.3 is 11.1 Å². The number of hydrogen-bond acceptors (Lipinski definition) is 5. The number of urea groups is 1. The minimum atomic E-state index is -0.319. The third kappa shape index (κ3) is 4.34. The van der Waals surface area contributed by atoms with Gasteiger partial charge in [-0.2, -0.15) is 4.98 Å². The van der Waals surface area contributed by atoms with Crippen LogP contribution in [0.2, 0.25) is 5.02 Å². The smallest absolute Gasteiger partial charge is 0.330 e. The molecular formula is C22H19ClN6O2. The first-order chi connectivity index (χ1) is 14.9. The molecule has 3 aromatic rings. The third-order valence-corrected chi connectivity index (χ3v) is 5.08. The van der Waals surface area contributed by atoms with Gasteiger partial charge in [-0.1, -0.05) is 41.9 Å². The fourth-order valence-corrected chi connectivity index (χ4v) is 3.45. The van der Waals surface area contributed by atoms with E-state index >= 15 is 0 Å². The summed E-state index contributed by atoms with van der Waals surface area (Å²) in [6.45, 7) is 0.226. The lowest BCUT2D eigenvalue weighted by molar-refractivity contribution is -0.111. The second-order valence-electron chi connectivity index (χ2n) is 6.90. The number of halogens is 1. The van der Waals surface area contributed by atoms with E-state index < -0.39 is 0 Å². The zero-order chi connectivity index (χ0) is 22.0. The molecule has 8 nitrogen and oxygen atoms in total. The van der Waals surface area contributed by atoms with E-state index in [-0.39, 0.29) is 24.4 Å². The maximum absolute atomic E-state index is 12.9. The maximum Gasteiger partial charge on any atom is 0.330 e. The van der Waals surface area contributed by atoms with Crippen molar-refractivity contribution in [1.82, 2.24) is 9.97 Å². The average molecular weight is 435 g/mol. The molecule has 0 saturated heterocycles. The summed E-state index contributed by atoms with van der Waals surface area (Å²) in [5.74, 6) is 0.256. The van der Waals surface area contributed by atoms with Crippen LogP contribution in [-0.4, -0.2) is 29.0 Å². The summed E-state index contributed by atoms with van der Waals surface area (Å²) in [5, 5.41) is 3.17. The van der Waals surface area contributed by atoms with Crippen molar-refractivity contribution in [1.29, 1.82) is 0 Å². The predicted molar refractivity (Wildman–Crippen MR) is 122 cm³/mol. The summed E-state index contributed by atoms with van der Waals surface area (Å²) in [6, 6.07) is 14.2. The number of carbonyl (C=O) groups excluding carboxylic acids is 2. The van der Waals surface area contributed by atoms with Crippen LogP contribution in [0, 0.1) is 0 Å². The van der Waals surface area contributed by atoms with Gasteiger partial charge in [0.1, 0.15) is 5.82 Å². The zero-order valence-electron chi connectivity index (χ0n) is 16.6. The van der Waals surface area contributed by atoms with Crippen LogP contribution >= 0.6 is 11.6 Å². The second kappa shape index (κ2) is 8.45. The number of nitrogen functional groups attached to an aromatic ring is 1. The Morgan fingerprint density at radius 3 is 2.77 bits per heavy atom. The van der Waals surface area contributed by atoms with Crippen molar-refractivity contribution in [3.63, 3.8) is 0 Å². The lowest BCUT2D eigenvalue weighted by Gasteiger charge is -2.34. The summed E-state index contributed by atoms with van der Waals surface area (Å²) >= 11 is 6.38. The van der Waals surface area contributed by atoms with Crippen LogP contribution in [0.15, 0.2) is 60.8 Å². The van der Waals surface area contributed by atoms with Crippen molar-refractivity contribution in [3.05, 3.63) is 77.0 Å². The molecule has 0 atom stereocenters. The molecule has 0 unspecified atom stereocenters. The van der Waals surface area contributed by atoms with E-state index in [1.54, 1.807) is 37.5 Å². The fraction of sp³-hybridized carbons (Fsp3) is 0.0909. The van der Waals surface area contributed by atoms with E-state index in [9.17, 15) is 9.59 Å². The molecule has 1 aliphatic heterocycles. The molecule has 0 saturated carbocycles. The van der Waals surface area contributed by atoms with E-state index in [4.69, 9.17) is 17.3 Å². The first-order valence-corrected chi connectivity index (χ1v) is 9.80. The number of fused-ring (bicyclic) bond motifs is 1. The van der Waals surface area contributed by atoms with Gasteiger partial charge in [-0.3, -0.25) is 14.6 Å². The van der Waals surface area contributed by atoms with Gasteiger partial charge in [-0.25, -0.2) is 9.78 Å². The Labute approximate surface area is 184 Å². The fourth-order valence-electron chi connectivity index (χ4n) is 3.23. The van der Waals surface area contributed by atoms with E-state index in [2.05, 4.69) is 15.3 Å². The molecule has 1 aliphatic rings.